The summed E-state index contributed by atoms with van der Waals surface area (Å²) in [6, 6.07) is 15.7. The molecule has 0 bridgehead atoms. The second-order valence-corrected chi connectivity index (χ2v) is 6.71. The molecule has 0 saturated heterocycles. The first kappa shape index (κ1) is 19.0. The summed E-state index contributed by atoms with van der Waals surface area (Å²) in [6.45, 7) is 0.990. The minimum Gasteiger partial charge on any atom is -0.493 e. The zero-order valence-corrected chi connectivity index (χ0v) is 16.7. The van der Waals surface area contributed by atoms with Crippen molar-refractivity contribution >= 4 is 21.6 Å². The number of nitrogens with one attached hydrogen (secondary N) is 1. The third-order valence-corrected chi connectivity index (χ3v) is 4.79. The van der Waals surface area contributed by atoms with Crippen LogP contribution in [0.5, 0.6) is 11.5 Å². The molecule has 0 saturated carbocycles. The highest BCUT2D eigenvalue weighted by Crippen LogP contribution is 2.29. The van der Waals surface area contributed by atoms with Crippen LogP contribution in [0.2, 0.25) is 0 Å². The van der Waals surface area contributed by atoms with Crippen LogP contribution >= 0.6 is 15.9 Å². The Labute approximate surface area is 165 Å². The Bertz CT molecular complexity index is 974. The Balaban J connectivity index is 1.69. The molecule has 7 heteroatoms. The average molecular weight is 430 g/mol. The highest BCUT2D eigenvalue weighted by Gasteiger charge is 2.09. The maximum atomic E-state index is 11.9. The van der Waals surface area contributed by atoms with Gasteiger partial charge in [0, 0.05) is 13.6 Å². The summed E-state index contributed by atoms with van der Waals surface area (Å²) in [4.78, 5) is 11.9. The van der Waals surface area contributed by atoms with Crippen LogP contribution in [0, 0.1) is 0 Å². The van der Waals surface area contributed by atoms with Gasteiger partial charge in [-0.15, -0.1) is 0 Å². The minimum absolute atomic E-state index is 0.192. The van der Waals surface area contributed by atoms with Gasteiger partial charge in [0.15, 0.2) is 11.5 Å². The number of benzene rings is 2. The van der Waals surface area contributed by atoms with Gasteiger partial charge in [0.2, 0.25) is 0 Å². The Morgan fingerprint density at radius 3 is 2.63 bits per heavy atom. The number of rotatable bonds is 7. The number of hydrogen-bond acceptors (Lipinski definition) is 5. The lowest BCUT2D eigenvalue weighted by Crippen LogP contribution is -2.21. The van der Waals surface area contributed by atoms with E-state index in [1.165, 1.54) is 4.68 Å². The SMILES string of the molecule is COc1cc(CNc2cnn(C)c(=O)c2Br)ccc1OCc1ccccc1. The van der Waals surface area contributed by atoms with E-state index in [0.717, 1.165) is 11.1 Å². The van der Waals surface area contributed by atoms with E-state index >= 15 is 0 Å². The summed E-state index contributed by atoms with van der Waals surface area (Å²) in [5, 5.41) is 7.23. The van der Waals surface area contributed by atoms with Crippen molar-refractivity contribution in [3.05, 3.63) is 80.7 Å². The van der Waals surface area contributed by atoms with Crippen molar-refractivity contribution in [3.63, 3.8) is 0 Å². The molecular formula is C20H20BrN3O3. The van der Waals surface area contributed by atoms with E-state index in [-0.39, 0.29) is 5.56 Å². The van der Waals surface area contributed by atoms with Crippen LogP contribution in [0.25, 0.3) is 0 Å². The first-order valence-electron chi connectivity index (χ1n) is 8.38. The van der Waals surface area contributed by atoms with Gasteiger partial charge in [0.25, 0.3) is 5.56 Å². The van der Waals surface area contributed by atoms with Gasteiger partial charge in [-0.2, -0.15) is 5.10 Å². The number of aromatic nitrogens is 2. The molecule has 0 aliphatic rings. The van der Waals surface area contributed by atoms with Crippen LogP contribution in [0.4, 0.5) is 5.69 Å². The molecule has 140 valence electrons. The fourth-order valence-electron chi connectivity index (χ4n) is 2.51. The van der Waals surface area contributed by atoms with Crippen LogP contribution in [0.1, 0.15) is 11.1 Å². The van der Waals surface area contributed by atoms with E-state index in [1.54, 1.807) is 20.4 Å². The normalized spacial score (nSPS) is 10.5. The van der Waals surface area contributed by atoms with E-state index in [2.05, 4.69) is 26.3 Å². The zero-order valence-electron chi connectivity index (χ0n) is 15.1. The quantitative estimate of drug-likeness (QED) is 0.619. The lowest BCUT2D eigenvalue weighted by atomic mass is 10.2. The molecule has 0 radical (unpaired) electrons. The highest BCUT2D eigenvalue weighted by molar-refractivity contribution is 9.10. The maximum absolute atomic E-state index is 11.9. The monoisotopic (exact) mass is 429 g/mol. The molecule has 0 amide bonds. The van der Waals surface area contributed by atoms with E-state index < -0.39 is 0 Å². The number of nitrogens with zero attached hydrogens (tertiary/aromatic N) is 2. The van der Waals surface area contributed by atoms with Crippen molar-refractivity contribution in [2.24, 2.45) is 7.05 Å². The third kappa shape index (κ3) is 4.68. The first-order valence-corrected chi connectivity index (χ1v) is 9.17. The van der Waals surface area contributed by atoms with Gasteiger partial charge in [0.1, 0.15) is 11.1 Å². The lowest BCUT2D eigenvalue weighted by Gasteiger charge is -2.13. The number of ether oxygens (including phenoxy) is 2. The first-order chi connectivity index (χ1) is 13.1. The average Bonchev–Trinajstić information content (AvgIpc) is 2.71. The van der Waals surface area contributed by atoms with Gasteiger partial charge in [-0.1, -0.05) is 36.4 Å². The zero-order chi connectivity index (χ0) is 19.2. The lowest BCUT2D eigenvalue weighted by molar-refractivity contribution is 0.284. The van der Waals surface area contributed by atoms with Crippen LogP contribution in [0.15, 0.2) is 64.0 Å². The summed E-state index contributed by atoms with van der Waals surface area (Å²) < 4.78 is 13.1. The largest absolute Gasteiger partial charge is 0.493 e. The number of hydrogen-bond donors (Lipinski definition) is 1. The Hall–Kier alpha value is -2.80. The Kier molecular flexibility index (Phi) is 6.13. The molecule has 0 aliphatic carbocycles. The number of anilines is 1. The summed E-state index contributed by atoms with van der Waals surface area (Å²) in [7, 11) is 3.22. The van der Waals surface area contributed by atoms with Crippen molar-refractivity contribution in [3.8, 4) is 11.5 Å². The molecule has 2 aromatic carbocycles. The standard InChI is InChI=1S/C20H20BrN3O3/c1-24-20(25)19(21)16(12-23-24)22-11-15-8-9-17(18(10-15)26-2)27-13-14-6-4-3-5-7-14/h3-10,12,22H,11,13H2,1-2H3. The Morgan fingerprint density at radius 2 is 1.89 bits per heavy atom. The van der Waals surface area contributed by atoms with E-state index in [9.17, 15) is 4.79 Å². The van der Waals surface area contributed by atoms with Crippen LogP contribution < -0.4 is 20.3 Å². The molecule has 1 aromatic heterocycles. The molecule has 1 N–H and O–H groups in total. The summed E-state index contributed by atoms with van der Waals surface area (Å²) in [5.41, 5.74) is 2.53. The topological polar surface area (TPSA) is 65.4 Å². The smallest absolute Gasteiger partial charge is 0.282 e. The molecule has 0 atom stereocenters. The summed E-state index contributed by atoms with van der Waals surface area (Å²) in [5.74, 6) is 1.34. The van der Waals surface area contributed by atoms with E-state index in [1.807, 2.05) is 48.5 Å². The van der Waals surface area contributed by atoms with Crippen molar-refractivity contribution in [1.82, 2.24) is 9.78 Å². The van der Waals surface area contributed by atoms with Crippen LogP contribution in [-0.2, 0) is 20.2 Å². The fourth-order valence-corrected chi connectivity index (χ4v) is 3.01. The predicted octanol–water partition coefficient (Wildman–Crippen LogP) is 3.74. The van der Waals surface area contributed by atoms with Gasteiger partial charge < -0.3 is 14.8 Å². The Morgan fingerprint density at radius 1 is 1.11 bits per heavy atom. The predicted molar refractivity (Wildman–Crippen MR) is 108 cm³/mol. The molecule has 1 heterocycles. The van der Waals surface area contributed by atoms with Crippen LogP contribution in [0.3, 0.4) is 0 Å². The molecule has 6 nitrogen and oxygen atoms in total. The second-order valence-electron chi connectivity index (χ2n) is 5.91. The molecule has 0 fully saturated rings. The molecule has 0 spiro atoms. The maximum Gasteiger partial charge on any atom is 0.282 e. The van der Waals surface area contributed by atoms with Gasteiger partial charge in [-0.3, -0.25) is 4.79 Å². The third-order valence-electron chi connectivity index (χ3n) is 4.03. The molecule has 0 aliphatic heterocycles. The van der Waals surface area contributed by atoms with Crippen molar-refractivity contribution in [1.29, 1.82) is 0 Å². The van der Waals surface area contributed by atoms with Crippen molar-refractivity contribution < 1.29 is 9.47 Å². The van der Waals surface area contributed by atoms with Crippen molar-refractivity contribution in [2.45, 2.75) is 13.2 Å². The summed E-state index contributed by atoms with van der Waals surface area (Å²) >= 11 is 3.31. The number of aryl methyl sites for hydroxylation is 1. The van der Waals surface area contributed by atoms with Crippen molar-refractivity contribution in [2.75, 3.05) is 12.4 Å². The molecule has 3 aromatic rings. The van der Waals surface area contributed by atoms with E-state index in [4.69, 9.17) is 9.47 Å². The number of halogens is 1. The highest BCUT2D eigenvalue weighted by atomic mass is 79.9. The van der Waals surface area contributed by atoms with Gasteiger partial charge in [0.05, 0.1) is 19.0 Å². The molecule has 0 unspecified atom stereocenters. The minimum atomic E-state index is -0.192. The van der Waals surface area contributed by atoms with Gasteiger partial charge in [-0.05, 0) is 39.2 Å². The molecular weight excluding hydrogens is 410 g/mol. The van der Waals surface area contributed by atoms with Gasteiger partial charge >= 0.3 is 0 Å². The molecule has 27 heavy (non-hydrogen) atoms. The summed E-state index contributed by atoms with van der Waals surface area (Å²) in [6.07, 6.45) is 1.61. The second kappa shape index (κ2) is 8.73. The fraction of sp³-hybridized carbons (Fsp3) is 0.200. The number of methoxy groups -OCH3 is 1. The van der Waals surface area contributed by atoms with E-state index in [0.29, 0.717) is 34.8 Å². The van der Waals surface area contributed by atoms with Crippen LogP contribution in [-0.4, -0.2) is 16.9 Å². The molecule has 3 rings (SSSR count). The van der Waals surface area contributed by atoms with Gasteiger partial charge in [-0.25, -0.2) is 4.68 Å².